The number of rotatable bonds is 4. The van der Waals surface area contributed by atoms with Crippen LogP contribution in [0.5, 0.6) is 0 Å². The molecule has 0 saturated carbocycles. The van der Waals surface area contributed by atoms with E-state index in [4.69, 9.17) is 4.74 Å². The van der Waals surface area contributed by atoms with Crippen molar-refractivity contribution in [2.75, 3.05) is 7.11 Å². The predicted molar refractivity (Wildman–Crippen MR) is 89.9 cm³/mol. The summed E-state index contributed by atoms with van der Waals surface area (Å²) in [5, 5.41) is 10.5. The van der Waals surface area contributed by atoms with E-state index in [-0.39, 0.29) is 11.3 Å². The zero-order valence-electron chi connectivity index (χ0n) is 13.3. The van der Waals surface area contributed by atoms with E-state index in [0.29, 0.717) is 11.3 Å². The van der Waals surface area contributed by atoms with Crippen molar-refractivity contribution < 1.29 is 14.6 Å². The minimum Gasteiger partial charge on any atom is -0.506 e. The lowest BCUT2D eigenvalue weighted by atomic mass is 10.0. The number of pyridine rings is 1. The first-order valence-electron chi connectivity index (χ1n) is 7.06. The lowest BCUT2D eigenvalue weighted by molar-refractivity contribution is -0.135. The van der Waals surface area contributed by atoms with Crippen molar-refractivity contribution >= 4 is 23.6 Å². The highest BCUT2D eigenvalue weighted by molar-refractivity contribution is 6.15. The Kier molecular flexibility index (Phi) is 5.25. The molecule has 5 heteroatoms. The number of benzene rings is 1. The Balaban J connectivity index is 2.45. The molecule has 0 unspecified atom stereocenters. The van der Waals surface area contributed by atoms with Gasteiger partial charge in [-0.05, 0) is 43.2 Å². The molecule has 0 aliphatic rings. The van der Waals surface area contributed by atoms with Crippen molar-refractivity contribution in [2.24, 2.45) is 4.99 Å². The van der Waals surface area contributed by atoms with Crippen LogP contribution in [0.1, 0.15) is 16.7 Å². The first kappa shape index (κ1) is 16.4. The van der Waals surface area contributed by atoms with E-state index in [0.717, 1.165) is 11.1 Å². The fraction of sp³-hybridized carbons (Fsp3) is 0.167. The number of carbonyl (C=O) groups excluding carboxylic acids is 1. The molecule has 0 aliphatic carbocycles. The van der Waals surface area contributed by atoms with Crippen LogP contribution >= 0.6 is 0 Å². The third-order valence-electron chi connectivity index (χ3n) is 3.45. The SMILES string of the molecule is COC(=O)C(C=Nc1ccncc1)=C(O)c1ccc(C)c(C)c1. The molecule has 2 rings (SSSR count). The maximum atomic E-state index is 12.0. The monoisotopic (exact) mass is 310 g/mol. The minimum absolute atomic E-state index is 0.00688. The van der Waals surface area contributed by atoms with Gasteiger partial charge in [0.25, 0.3) is 0 Å². The number of aliphatic hydroxyl groups excluding tert-OH is 1. The molecule has 1 heterocycles. The highest BCUT2D eigenvalue weighted by Gasteiger charge is 2.16. The van der Waals surface area contributed by atoms with E-state index in [1.165, 1.54) is 13.3 Å². The Morgan fingerprint density at radius 3 is 2.48 bits per heavy atom. The van der Waals surface area contributed by atoms with Crippen LogP contribution in [0.3, 0.4) is 0 Å². The van der Waals surface area contributed by atoms with Gasteiger partial charge in [0, 0.05) is 24.2 Å². The lowest BCUT2D eigenvalue weighted by Gasteiger charge is -2.08. The third-order valence-corrected chi connectivity index (χ3v) is 3.45. The average molecular weight is 310 g/mol. The largest absolute Gasteiger partial charge is 0.506 e. The van der Waals surface area contributed by atoms with E-state index in [1.807, 2.05) is 26.0 Å². The molecule has 0 amide bonds. The first-order chi connectivity index (χ1) is 11.0. The van der Waals surface area contributed by atoms with Crippen LogP contribution in [-0.2, 0) is 9.53 Å². The maximum absolute atomic E-state index is 12.0. The van der Waals surface area contributed by atoms with Gasteiger partial charge in [-0.1, -0.05) is 12.1 Å². The first-order valence-corrected chi connectivity index (χ1v) is 7.06. The normalized spacial score (nSPS) is 12.1. The van der Waals surface area contributed by atoms with E-state index in [2.05, 4.69) is 9.98 Å². The topological polar surface area (TPSA) is 71.8 Å². The van der Waals surface area contributed by atoms with Gasteiger partial charge >= 0.3 is 5.97 Å². The summed E-state index contributed by atoms with van der Waals surface area (Å²) < 4.78 is 4.74. The summed E-state index contributed by atoms with van der Waals surface area (Å²) in [7, 11) is 1.26. The lowest BCUT2D eigenvalue weighted by Crippen LogP contribution is -2.09. The molecule has 23 heavy (non-hydrogen) atoms. The summed E-state index contributed by atoms with van der Waals surface area (Å²) in [6.07, 6.45) is 4.49. The molecule has 1 aromatic heterocycles. The molecule has 0 fully saturated rings. The summed E-state index contributed by atoms with van der Waals surface area (Å²) in [6.45, 7) is 3.92. The Bertz CT molecular complexity index is 765. The molecule has 0 aliphatic heterocycles. The van der Waals surface area contributed by atoms with Crippen LogP contribution in [0.2, 0.25) is 0 Å². The number of nitrogens with zero attached hydrogens (tertiary/aromatic N) is 2. The number of hydrogen-bond donors (Lipinski definition) is 1. The number of aliphatic imine (C=N–C) groups is 1. The third kappa shape index (κ3) is 4.03. The van der Waals surface area contributed by atoms with Crippen molar-refractivity contribution in [3.8, 4) is 0 Å². The van der Waals surface area contributed by atoms with Crippen molar-refractivity contribution in [3.63, 3.8) is 0 Å². The van der Waals surface area contributed by atoms with Gasteiger partial charge < -0.3 is 9.84 Å². The van der Waals surface area contributed by atoms with Gasteiger partial charge in [0.15, 0.2) is 0 Å². The zero-order chi connectivity index (χ0) is 16.8. The van der Waals surface area contributed by atoms with Gasteiger partial charge in [-0.3, -0.25) is 9.98 Å². The molecule has 0 bridgehead atoms. The number of methoxy groups -OCH3 is 1. The van der Waals surface area contributed by atoms with Gasteiger partial charge in [-0.2, -0.15) is 0 Å². The highest BCUT2D eigenvalue weighted by Crippen LogP contribution is 2.20. The van der Waals surface area contributed by atoms with Crippen LogP contribution in [0.4, 0.5) is 5.69 Å². The smallest absolute Gasteiger partial charge is 0.343 e. The van der Waals surface area contributed by atoms with Gasteiger partial charge in [0.1, 0.15) is 11.3 Å². The number of esters is 1. The number of aliphatic hydroxyl groups is 1. The van der Waals surface area contributed by atoms with E-state index in [9.17, 15) is 9.90 Å². The summed E-state index contributed by atoms with van der Waals surface area (Å²) in [5.41, 5.74) is 3.27. The molecule has 2 aromatic rings. The maximum Gasteiger partial charge on any atom is 0.343 e. The number of hydrogen-bond acceptors (Lipinski definition) is 5. The molecule has 0 spiro atoms. The highest BCUT2D eigenvalue weighted by atomic mass is 16.5. The number of carbonyl (C=O) groups is 1. The fourth-order valence-electron chi connectivity index (χ4n) is 1.93. The molecule has 1 aromatic carbocycles. The number of aromatic nitrogens is 1. The van der Waals surface area contributed by atoms with E-state index >= 15 is 0 Å². The standard InChI is InChI=1S/C18H18N2O3/c1-12-4-5-14(10-13(12)2)17(21)16(18(22)23-3)11-20-15-6-8-19-9-7-15/h4-11,21H,1-3H3. The van der Waals surface area contributed by atoms with Crippen molar-refractivity contribution in [1.29, 1.82) is 0 Å². The molecule has 0 radical (unpaired) electrons. The fourth-order valence-corrected chi connectivity index (χ4v) is 1.93. The number of ether oxygens (including phenoxy) is 1. The van der Waals surface area contributed by atoms with Crippen molar-refractivity contribution in [1.82, 2.24) is 4.98 Å². The summed E-state index contributed by atoms with van der Waals surface area (Å²) in [4.78, 5) is 20.0. The van der Waals surface area contributed by atoms with Crippen LogP contribution < -0.4 is 0 Å². The Morgan fingerprint density at radius 1 is 1.17 bits per heavy atom. The molecular weight excluding hydrogens is 292 g/mol. The van der Waals surface area contributed by atoms with Crippen LogP contribution in [-0.4, -0.2) is 29.4 Å². The van der Waals surface area contributed by atoms with Gasteiger partial charge in [-0.25, -0.2) is 4.79 Å². The second-order valence-corrected chi connectivity index (χ2v) is 5.02. The predicted octanol–water partition coefficient (Wildman–Crippen LogP) is 3.54. The van der Waals surface area contributed by atoms with Gasteiger partial charge in [0.2, 0.25) is 0 Å². The van der Waals surface area contributed by atoms with E-state index in [1.54, 1.807) is 30.6 Å². The Morgan fingerprint density at radius 2 is 1.87 bits per heavy atom. The summed E-state index contributed by atoms with van der Waals surface area (Å²) in [5.74, 6) is -0.823. The zero-order valence-corrected chi connectivity index (χ0v) is 13.3. The molecular formula is C18H18N2O3. The molecule has 0 atom stereocenters. The van der Waals surface area contributed by atoms with Crippen molar-refractivity contribution in [3.05, 3.63) is 65.0 Å². The second-order valence-electron chi connectivity index (χ2n) is 5.02. The van der Waals surface area contributed by atoms with E-state index < -0.39 is 5.97 Å². The van der Waals surface area contributed by atoms with Crippen LogP contribution in [0, 0.1) is 13.8 Å². The van der Waals surface area contributed by atoms with Crippen LogP contribution in [0.25, 0.3) is 5.76 Å². The van der Waals surface area contributed by atoms with Gasteiger partial charge in [-0.15, -0.1) is 0 Å². The van der Waals surface area contributed by atoms with Crippen molar-refractivity contribution in [2.45, 2.75) is 13.8 Å². The Labute approximate surface area is 135 Å². The summed E-state index contributed by atoms with van der Waals surface area (Å²) in [6, 6.07) is 8.83. The molecule has 118 valence electrons. The summed E-state index contributed by atoms with van der Waals surface area (Å²) >= 11 is 0. The molecule has 1 N–H and O–H groups in total. The quantitative estimate of drug-likeness (QED) is 0.406. The van der Waals surface area contributed by atoms with Crippen LogP contribution in [0.15, 0.2) is 53.3 Å². The molecule has 0 saturated heterocycles. The number of aryl methyl sites for hydroxylation is 2. The Hall–Kier alpha value is -2.95. The second kappa shape index (κ2) is 7.35. The molecule has 5 nitrogen and oxygen atoms in total. The van der Waals surface area contributed by atoms with Gasteiger partial charge in [0.05, 0.1) is 12.8 Å². The minimum atomic E-state index is -0.654. The average Bonchev–Trinajstić information content (AvgIpc) is 2.58.